The molecule has 0 radical (unpaired) electrons. The van der Waals surface area contributed by atoms with E-state index in [1.165, 1.54) is 31.3 Å². The molecule has 6 heteroatoms. The van der Waals surface area contributed by atoms with Crippen molar-refractivity contribution < 1.29 is 4.42 Å². The maximum absolute atomic E-state index is 6.73. The number of para-hydroxylation sites is 1. The molecular weight excluding hydrogens is 789 g/mol. The van der Waals surface area contributed by atoms with Crippen LogP contribution in [0.4, 0.5) is 0 Å². The van der Waals surface area contributed by atoms with E-state index >= 15 is 0 Å². The van der Waals surface area contributed by atoms with Crippen molar-refractivity contribution in [1.29, 1.82) is 0 Å². The number of benzene rings is 9. The van der Waals surface area contributed by atoms with Crippen LogP contribution in [-0.4, -0.2) is 19.5 Å². The van der Waals surface area contributed by atoms with Crippen LogP contribution in [0.25, 0.3) is 126 Å². The molecule has 9 aromatic carbocycles. The SMILES string of the molecule is c1ccc(-c2ccc3c4c5oc6ccccc6c5ccc4n(-c4cc(-c5ccc(-c6nc(-c7ccccc7)nc(-c7ccccc7)n6)cc5)c5sc6ccccc6c5c4)c3c2)cc1. The van der Waals surface area contributed by atoms with Crippen molar-refractivity contribution >= 4 is 75.3 Å². The Morgan fingerprint density at radius 3 is 1.63 bits per heavy atom. The highest BCUT2D eigenvalue weighted by molar-refractivity contribution is 7.26. The van der Waals surface area contributed by atoms with Gasteiger partial charge in [0, 0.05) is 64.3 Å². The summed E-state index contributed by atoms with van der Waals surface area (Å²) < 4.78 is 11.7. The van der Waals surface area contributed by atoms with Gasteiger partial charge >= 0.3 is 0 Å². The average molecular weight is 823 g/mol. The molecule has 0 aliphatic carbocycles. The van der Waals surface area contributed by atoms with Gasteiger partial charge in [-0.15, -0.1) is 11.3 Å². The molecule has 0 aliphatic heterocycles. The Balaban J connectivity index is 1.03. The minimum Gasteiger partial charge on any atom is -0.455 e. The molecule has 0 saturated carbocycles. The maximum Gasteiger partial charge on any atom is 0.164 e. The molecule has 0 N–H and O–H groups in total. The van der Waals surface area contributed by atoms with Crippen LogP contribution in [0.1, 0.15) is 0 Å². The van der Waals surface area contributed by atoms with Crippen LogP contribution in [0.2, 0.25) is 0 Å². The Hall–Kier alpha value is -8.19. The van der Waals surface area contributed by atoms with Gasteiger partial charge in [-0.25, -0.2) is 15.0 Å². The van der Waals surface area contributed by atoms with E-state index in [1.54, 1.807) is 0 Å². The van der Waals surface area contributed by atoms with Gasteiger partial charge in [-0.1, -0.05) is 164 Å². The molecule has 13 aromatic rings. The molecule has 0 atom stereocenters. The number of thiophene rings is 1. The standard InChI is InChI=1S/C57H34N4OS/c1-4-14-35(15-5-1)40-28-29-45-49(32-40)61(48-31-30-44-42-20-10-12-22-50(42)62-53(44)52(45)48)41-33-46(54-47(34-41)43-21-11-13-23-51(43)63-54)36-24-26-39(27-25-36)57-59-55(37-16-6-2-7-17-37)58-56(60-57)38-18-8-3-9-19-38/h1-34H. The molecule has 0 fully saturated rings. The van der Waals surface area contributed by atoms with Crippen molar-refractivity contribution in [2.24, 2.45) is 0 Å². The minimum atomic E-state index is 0.631. The molecule has 0 unspecified atom stereocenters. The van der Waals surface area contributed by atoms with Crippen LogP contribution in [0.5, 0.6) is 0 Å². The van der Waals surface area contributed by atoms with E-state index in [1.807, 2.05) is 78.1 Å². The van der Waals surface area contributed by atoms with Crippen molar-refractivity contribution in [3.8, 4) is 62.1 Å². The van der Waals surface area contributed by atoms with Crippen LogP contribution < -0.4 is 0 Å². The smallest absolute Gasteiger partial charge is 0.164 e. The number of rotatable bonds is 6. The summed E-state index contributed by atoms with van der Waals surface area (Å²) in [6.45, 7) is 0. The molecule has 4 aromatic heterocycles. The predicted molar refractivity (Wildman–Crippen MR) is 262 cm³/mol. The second kappa shape index (κ2) is 14.2. The molecule has 0 aliphatic rings. The second-order valence-electron chi connectivity index (χ2n) is 16.0. The quantitative estimate of drug-likeness (QED) is 0.168. The molecule has 0 amide bonds. The number of hydrogen-bond donors (Lipinski definition) is 0. The minimum absolute atomic E-state index is 0.631. The van der Waals surface area contributed by atoms with Crippen molar-refractivity contribution in [1.82, 2.24) is 19.5 Å². The Morgan fingerprint density at radius 1 is 0.381 bits per heavy atom. The second-order valence-corrected chi connectivity index (χ2v) is 17.0. The Labute approximate surface area is 365 Å². The van der Waals surface area contributed by atoms with Gasteiger partial charge in [0.05, 0.1) is 16.4 Å². The highest BCUT2D eigenvalue weighted by atomic mass is 32.1. The molecule has 13 rings (SSSR count). The summed E-state index contributed by atoms with van der Waals surface area (Å²) in [5, 5.41) is 6.98. The van der Waals surface area contributed by atoms with Crippen molar-refractivity contribution in [3.63, 3.8) is 0 Å². The average Bonchev–Trinajstić information content (AvgIpc) is 4.04. The fraction of sp³-hybridized carbons (Fsp3) is 0. The largest absolute Gasteiger partial charge is 0.455 e. The first-order valence-corrected chi connectivity index (χ1v) is 21.9. The van der Waals surface area contributed by atoms with E-state index in [0.717, 1.165) is 77.2 Å². The third-order valence-electron chi connectivity index (χ3n) is 12.3. The van der Waals surface area contributed by atoms with Crippen molar-refractivity contribution in [2.75, 3.05) is 0 Å². The van der Waals surface area contributed by atoms with Gasteiger partial charge in [-0.3, -0.25) is 0 Å². The molecule has 294 valence electrons. The molecular formula is C57H34N4OS. The molecule has 0 spiro atoms. The lowest BCUT2D eigenvalue weighted by Gasteiger charge is -2.13. The zero-order valence-corrected chi connectivity index (χ0v) is 34.6. The number of fused-ring (bicyclic) bond motifs is 10. The van der Waals surface area contributed by atoms with Crippen LogP contribution in [0.3, 0.4) is 0 Å². The molecule has 5 nitrogen and oxygen atoms in total. The summed E-state index contributed by atoms with van der Waals surface area (Å²) in [6, 6.07) is 72.8. The number of hydrogen-bond acceptors (Lipinski definition) is 5. The lowest BCUT2D eigenvalue weighted by atomic mass is 10.00. The fourth-order valence-corrected chi connectivity index (χ4v) is 10.5. The summed E-state index contributed by atoms with van der Waals surface area (Å²) in [5.74, 6) is 1.92. The topological polar surface area (TPSA) is 56.7 Å². The highest BCUT2D eigenvalue weighted by Crippen LogP contribution is 2.46. The summed E-state index contributed by atoms with van der Waals surface area (Å²) >= 11 is 1.84. The fourth-order valence-electron chi connectivity index (χ4n) is 9.26. The van der Waals surface area contributed by atoms with Crippen LogP contribution in [-0.2, 0) is 0 Å². The van der Waals surface area contributed by atoms with Gasteiger partial charge in [-0.2, -0.15) is 0 Å². The van der Waals surface area contributed by atoms with E-state index in [2.05, 4.69) is 144 Å². The Morgan fingerprint density at radius 2 is 0.937 bits per heavy atom. The summed E-state index contributed by atoms with van der Waals surface area (Å²) in [4.78, 5) is 15.0. The zero-order valence-electron chi connectivity index (χ0n) is 33.7. The number of nitrogens with zero attached hydrogens (tertiary/aromatic N) is 4. The molecule has 63 heavy (non-hydrogen) atoms. The first-order chi connectivity index (χ1) is 31.2. The first-order valence-electron chi connectivity index (χ1n) is 21.1. The van der Waals surface area contributed by atoms with Crippen LogP contribution >= 0.6 is 11.3 Å². The Bertz CT molecular complexity index is 3830. The zero-order chi connectivity index (χ0) is 41.4. The molecule has 4 heterocycles. The lowest BCUT2D eigenvalue weighted by Crippen LogP contribution is -2.00. The maximum atomic E-state index is 6.73. The number of furan rings is 1. The summed E-state index contributed by atoms with van der Waals surface area (Å²) in [5.41, 5.74) is 12.5. The predicted octanol–water partition coefficient (Wildman–Crippen LogP) is 15.6. The monoisotopic (exact) mass is 822 g/mol. The van der Waals surface area contributed by atoms with E-state index in [4.69, 9.17) is 19.4 Å². The van der Waals surface area contributed by atoms with E-state index in [0.29, 0.717) is 17.5 Å². The Kier molecular flexibility index (Phi) is 8.01. The van der Waals surface area contributed by atoms with Gasteiger partial charge in [0.1, 0.15) is 11.2 Å². The van der Waals surface area contributed by atoms with Gasteiger partial charge in [-0.05, 0) is 59.2 Å². The van der Waals surface area contributed by atoms with Gasteiger partial charge in [0.2, 0.25) is 0 Å². The highest BCUT2D eigenvalue weighted by Gasteiger charge is 2.22. The third kappa shape index (κ3) is 5.80. The molecule has 0 saturated heterocycles. The summed E-state index contributed by atoms with van der Waals surface area (Å²) in [6.07, 6.45) is 0. The van der Waals surface area contributed by atoms with Gasteiger partial charge < -0.3 is 8.98 Å². The van der Waals surface area contributed by atoms with Gasteiger partial charge in [0.25, 0.3) is 0 Å². The van der Waals surface area contributed by atoms with Crippen LogP contribution in [0.15, 0.2) is 211 Å². The van der Waals surface area contributed by atoms with Crippen molar-refractivity contribution in [3.05, 3.63) is 206 Å². The van der Waals surface area contributed by atoms with Gasteiger partial charge in [0.15, 0.2) is 17.5 Å². The van der Waals surface area contributed by atoms with E-state index in [-0.39, 0.29) is 0 Å². The third-order valence-corrected chi connectivity index (χ3v) is 13.5. The van der Waals surface area contributed by atoms with E-state index in [9.17, 15) is 0 Å². The number of aromatic nitrogens is 4. The summed E-state index contributed by atoms with van der Waals surface area (Å²) in [7, 11) is 0. The van der Waals surface area contributed by atoms with E-state index < -0.39 is 0 Å². The first kappa shape index (κ1) is 35.6. The van der Waals surface area contributed by atoms with Crippen molar-refractivity contribution in [2.45, 2.75) is 0 Å². The van der Waals surface area contributed by atoms with Crippen LogP contribution in [0, 0.1) is 0 Å². The lowest BCUT2D eigenvalue weighted by molar-refractivity contribution is 0.673. The molecule has 0 bridgehead atoms. The normalized spacial score (nSPS) is 11.8.